The summed E-state index contributed by atoms with van der Waals surface area (Å²) in [7, 11) is 0. The summed E-state index contributed by atoms with van der Waals surface area (Å²) in [6.07, 6.45) is 2.80. The average molecular weight is 378 g/mol. The van der Waals surface area contributed by atoms with Gasteiger partial charge < -0.3 is 15.8 Å². The number of nitrogens with two attached hydrogens (primary N) is 1. The topological polar surface area (TPSA) is 107 Å². The second kappa shape index (κ2) is 8.53. The predicted octanol–water partition coefficient (Wildman–Crippen LogP) is 3.17. The van der Waals surface area contributed by atoms with E-state index in [2.05, 4.69) is 5.32 Å². The first-order valence-corrected chi connectivity index (χ1v) is 8.08. The minimum atomic E-state index is -0.502. The van der Waals surface area contributed by atoms with E-state index in [-0.39, 0.29) is 36.7 Å². The summed E-state index contributed by atoms with van der Waals surface area (Å²) in [5.74, 6) is 0.0300. The average Bonchev–Trinajstić information content (AvgIpc) is 2.60. The molecule has 0 bridgehead atoms. The van der Waals surface area contributed by atoms with E-state index in [1.165, 1.54) is 18.2 Å². The molecule has 0 spiro atoms. The molecule has 0 fully saturated rings. The molecule has 3 rings (SSSR count). The van der Waals surface area contributed by atoms with E-state index in [1.54, 1.807) is 6.07 Å². The lowest BCUT2D eigenvalue weighted by atomic mass is 9.87. The van der Waals surface area contributed by atoms with Gasteiger partial charge in [-0.1, -0.05) is 12.1 Å². The van der Waals surface area contributed by atoms with Gasteiger partial charge in [0, 0.05) is 11.8 Å². The van der Waals surface area contributed by atoms with Crippen LogP contribution in [0.3, 0.4) is 0 Å². The number of anilines is 1. The van der Waals surface area contributed by atoms with E-state index in [9.17, 15) is 14.9 Å². The Morgan fingerprint density at radius 3 is 2.88 bits per heavy atom. The largest absolute Gasteiger partial charge is 0.484 e. The first kappa shape index (κ1) is 19.5. The Balaban J connectivity index is 0.00000243. The molecule has 7 nitrogen and oxygen atoms in total. The predicted molar refractivity (Wildman–Crippen MR) is 101 cm³/mol. The van der Waals surface area contributed by atoms with Gasteiger partial charge in [0.15, 0.2) is 6.61 Å². The van der Waals surface area contributed by atoms with Crippen LogP contribution in [0.25, 0.3) is 0 Å². The number of carbonyl (C=O) groups excluding carboxylic acids is 1. The van der Waals surface area contributed by atoms with Gasteiger partial charge in [-0.3, -0.25) is 14.9 Å². The van der Waals surface area contributed by atoms with Crippen LogP contribution in [0.5, 0.6) is 5.75 Å². The number of hydrogen-bond donors (Lipinski definition) is 2. The molecule has 26 heavy (non-hydrogen) atoms. The van der Waals surface area contributed by atoms with Crippen molar-refractivity contribution in [2.24, 2.45) is 0 Å². The molecule has 8 heteroatoms. The van der Waals surface area contributed by atoms with Gasteiger partial charge in [-0.05, 0) is 48.6 Å². The number of non-ortho nitro benzene ring substituents is 1. The third-order valence-electron chi connectivity index (χ3n) is 4.21. The number of nitro groups is 1. The van der Waals surface area contributed by atoms with Gasteiger partial charge >= 0.3 is 0 Å². The molecular weight excluding hydrogens is 358 g/mol. The second-order valence-electron chi connectivity index (χ2n) is 6.01. The summed E-state index contributed by atoms with van der Waals surface area (Å²) in [5.41, 5.74) is 8.72. The van der Waals surface area contributed by atoms with Crippen LogP contribution in [0.2, 0.25) is 0 Å². The van der Waals surface area contributed by atoms with Crippen molar-refractivity contribution in [2.45, 2.75) is 25.3 Å². The third-order valence-corrected chi connectivity index (χ3v) is 4.21. The van der Waals surface area contributed by atoms with Crippen molar-refractivity contribution in [1.29, 1.82) is 0 Å². The molecule has 1 atom stereocenters. The van der Waals surface area contributed by atoms with Gasteiger partial charge in [0.05, 0.1) is 17.0 Å². The highest BCUT2D eigenvalue weighted by Gasteiger charge is 2.22. The summed E-state index contributed by atoms with van der Waals surface area (Å²) in [6.45, 7) is -0.192. The van der Waals surface area contributed by atoms with E-state index >= 15 is 0 Å². The van der Waals surface area contributed by atoms with E-state index in [1.807, 2.05) is 18.2 Å². The van der Waals surface area contributed by atoms with E-state index < -0.39 is 4.92 Å². The van der Waals surface area contributed by atoms with E-state index in [4.69, 9.17) is 10.5 Å². The van der Waals surface area contributed by atoms with Gasteiger partial charge in [-0.2, -0.15) is 0 Å². The van der Waals surface area contributed by atoms with Gasteiger partial charge in [0.1, 0.15) is 5.75 Å². The number of rotatable bonds is 5. The van der Waals surface area contributed by atoms with Gasteiger partial charge in [0.2, 0.25) is 0 Å². The van der Waals surface area contributed by atoms with Crippen molar-refractivity contribution in [2.75, 3.05) is 12.3 Å². The summed E-state index contributed by atoms with van der Waals surface area (Å²) in [6, 6.07) is 11.5. The highest BCUT2D eigenvalue weighted by molar-refractivity contribution is 5.85. The molecule has 0 saturated heterocycles. The molecule has 2 aromatic carbocycles. The molecule has 0 aromatic heterocycles. The van der Waals surface area contributed by atoms with Crippen LogP contribution in [0, 0.1) is 10.1 Å². The number of nitrogen functional groups attached to an aromatic ring is 1. The highest BCUT2D eigenvalue weighted by atomic mass is 35.5. The Hall–Kier alpha value is -2.80. The molecule has 138 valence electrons. The van der Waals surface area contributed by atoms with Crippen LogP contribution in [-0.4, -0.2) is 17.4 Å². The molecule has 0 heterocycles. The fraction of sp³-hybridized carbons (Fsp3) is 0.278. The number of nitrogens with one attached hydrogen (secondary N) is 1. The van der Waals surface area contributed by atoms with Gasteiger partial charge in [-0.15, -0.1) is 12.4 Å². The summed E-state index contributed by atoms with van der Waals surface area (Å²) >= 11 is 0. The fourth-order valence-corrected chi connectivity index (χ4v) is 3.06. The molecule has 0 aliphatic heterocycles. The maximum atomic E-state index is 12.2. The van der Waals surface area contributed by atoms with E-state index in [0.29, 0.717) is 5.75 Å². The number of ether oxygens (including phenoxy) is 1. The number of benzene rings is 2. The number of halogens is 1. The highest BCUT2D eigenvalue weighted by Crippen LogP contribution is 2.31. The van der Waals surface area contributed by atoms with Gasteiger partial charge in [0.25, 0.3) is 11.6 Å². The van der Waals surface area contributed by atoms with Crippen molar-refractivity contribution in [3.8, 4) is 5.75 Å². The smallest absolute Gasteiger partial charge is 0.273 e. The van der Waals surface area contributed by atoms with Crippen molar-refractivity contribution in [3.05, 3.63) is 63.7 Å². The molecule has 1 amide bonds. The SMILES string of the molecule is Cl.Nc1ccc2c(c1)CCCC2NC(=O)COc1cccc([N+](=O)[O-])c1. The number of hydrogen-bond acceptors (Lipinski definition) is 5. The second-order valence-corrected chi connectivity index (χ2v) is 6.01. The summed E-state index contributed by atoms with van der Waals surface area (Å²) in [4.78, 5) is 22.4. The Morgan fingerprint density at radius 1 is 1.31 bits per heavy atom. The normalized spacial score (nSPS) is 15.3. The molecule has 3 N–H and O–H groups in total. The first-order valence-electron chi connectivity index (χ1n) is 8.08. The quantitative estimate of drug-likeness (QED) is 0.472. The number of nitrogens with zero attached hydrogens (tertiary/aromatic N) is 1. The van der Waals surface area contributed by atoms with Crippen LogP contribution < -0.4 is 15.8 Å². The van der Waals surface area contributed by atoms with Crippen LogP contribution in [0.4, 0.5) is 11.4 Å². The standard InChI is InChI=1S/C18H19N3O4.ClH/c19-13-7-8-16-12(9-13)3-1-6-17(16)20-18(22)11-25-15-5-2-4-14(10-15)21(23)24;/h2,4-5,7-10,17H,1,3,6,11,19H2,(H,20,22);1H. The zero-order chi connectivity index (χ0) is 17.8. The maximum Gasteiger partial charge on any atom is 0.273 e. The van der Waals surface area contributed by atoms with Crippen molar-refractivity contribution >= 4 is 29.7 Å². The molecule has 1 unspecified atom stereocenters. The number of amides is 1. The van der Waals surface area contributed by atoms with Crippen LogP contribution in [-0.2, 0) is 11.2 Å². The Kier molecular flexibility index (Phi) is 6.41. The minimum absolute atomic E-state index is 0. The maximum absolute atomic E-state index is 12.2. The van der Waals surface area contributed by atoms with Crippen LogP contribution in [0.15, 0.2) is 42.5 Å². The molecular formula is C18H20ClN3O4. The Morgan fingerprint density at radius 2 is 2.12 bits per heavy atom. The zero-order valence-electron chi connectivity index (χ0n) is 14.0. The minimum Gasteiger partial charge on any atom is -0.484 e. The van der Waals surface area contributed by atoms with Gasteiger partial charge in [-0.25, -0.2) is 0 Å². The number of carbonyl (C=O) groups is 1. The van der Waals surface area contributed by atoms with Crippen LogP contribution in [0.1, 0.15) is 30.0 Å². The van der Waals surface area contributed by atoms with E-state index in [0.717, 1.165) is 36.1 Å². The Labute approximate surface area is 157 Å². The molecule has 0 saturated carbocycles. The summed E-state index contributed by atoms with van der Waals surface area (Å²) in [5, 5.41) is 13.7. The lowest BCUT2D eigenvalue weighted by Crippen LogP contribution is -2.34. The monoisotopic (exact) mass is 377 g/mol. The lowest BCUT2D eigenvalue weighted by molar-refractivity contribution is -0.384. The first-order chi connectivity index (χ1) is 12.0. The molecule has 1 aliphatic rings. The molecule has 2 aromatic rings. The van der Waals surface area contributed by atoms with Crippen molar-refractivity contribution in [1.82, 2.24) is 5.32 Å². The molecule has 1 aliphatic carbocycles. The number of aryl methyl sites for hydroxylation is 1. The fourth-order valence-electron chi connectivity index (χ4n) is 3.06. The van der Waals surface area contributed by atoms with Crippen molar-refractivity contribution < 1.29 is 14.5 Å². The van der Waals surface area contributed by atoms with Crippen LogP contribution >= 0.6 is 12.4 Å². The molecule has 0 radical (unpaired) electrons. The zero-order valence-corrected chi connectivity index (χ0v) is 14.8. The lowest BCUT2D eigenvalue weighted by Gasteiger charge is -2.26. The number of fused-ring (bicyclic) bond motifs is 1. The summed E-state index contributed by atoms with van der Waals surface area (Å²) < 4.78 is 5.37. The number of nitro benzene ring substituents is 1. The Bertz CT molecular complexity index is 813. The third kappa shape index (κ3) is 4.64. The van der Waals surface area contributed by atoms with Crippen molar-refractivity contribution in [3.63, 3.8) is 0 Å².